The van der Waals surface area contributed by atoms with Gasteiger partial charge >= 0.3 is 6.09 Å². The van der Waals surface area contributed by atoms with Crippen molar-refractivity contribution in [2.24, 2.45) is 0 Å². The fraction of sp³-hybridized carbons (Fsp3) is 0.333. The fourth-order valence-electron chi connectivity index (χ4n) is 2.02. The Morgan fingerprint density at radius 3 is 2.61 bits per heavy atom. The van der Waals surface area contributed by atoms with Crippen LogP contribution in [-0.4, -0.2) is 29.3 Å². The van der Waals surface area contributed by atoms with E-state index in [-0.39, 0.29) is 11.8 Å². The minimum absolute atomic E-state index is 0.200. The molecule has 0 radical (unpaired) electrons. The minimum atomic E-state index is -0.779. The second-order valence-corrected chi connectivity index (χ2v) is 5.39. The fourth-order valence-corrected chi connectivity index (χ4v) is 2.02. The van der Waals surface area contributed by atoms with Crippen LogP contribution in [0, 0.1) is 0 Å². The Morgan fingerprint density at radius 2 is 1.96 bits per heavy atom. The number of para-hydroxylation sites is 1. The average Bonchev–Trinajstić information content (AvgIpc) is 2.97. The number of amides is 2. The summed E-state index contributed by atoms with van der Waals surface area (Å²) in [6, 6.07) is 6.96. The molecule has 0 aliphatic heterocycles. The smallest absolute Gasteiger partial charge is 0.411 e. The van der Waals surface area contributed by atoms with E-state index in [0.29, 0.717) is 17.1 Å². The number of carbonyl (C=O) groups is 2. The van der Waals surface area contributed by atoms with Gasteiger partial charge in [-0.15, -0.1) is 0 Å². The number of methoxy groups -OCH3 is 1. The van der Waals surface area contributed by atoms with Crippen LogP contribution in [0.15, 0.2) is 28.8 Å². The van der Waals surface area contributed by atoms with Crippen LogP contribution in [0.5, 0.6) is 0 Å². The van der Waals surface area contributed by atoms with Crippen molar-refractivity contribution in [3.63, 3.8) is 0 Å². The van der Waals surface area contributed by atoms with Gasteiger partial charge in [-0.2, -0.15) is 4.98 Å². The quantitative estimate of drug-likeness (QED) is 0.895. The Labute approximate surface area is 133 Å². The lowest BCUT2D eigenvalue weighted by atomic mass is 10.1. The van der Waals surface area contributed by atoms with E-state index in [1.54, 1.807) is 38.1 Å². The summed E-state index contributed by atoms with van der Waals surface area (Å²) in [7, 11) is 1.28. The molecule has 1 aromatic heterocycles. The largest absolute Gasteiger partial charge is 0.453 e. The van der Waals surface area contributed by atoms with Gasteiger partial charge in [-0.25, -0.2) is 4.79 Å². The van der Waals surface area contributed by atoms with E-state index < -0.39 is 11.6 Å². The van der Waals surface area contributed by atoms with Crippen LogP contribution in [0.1, 0.15) is 26.6 Å². The number of aromatic nitrogens is 2. The summed E-state index contributed by atoms with van der Waals surface area (Å²) in [5.41, 5.74) is 0.250. The van der Waals surface area contributed by atoms with Crippen LogP contribution in [-0.2, 0) is 15.1 Å². The Morgan fingerprint density at radius 1 is 1.26 bits per heavy atom. The van der Waals surface area contributed by atoms with E-state index in [4.69, 9.17) is 4.52 Å². The summed E-state index contributed by atoms with van der Waals surface area (Å²) in [5.74, 6) is 0.357. The van der Waals surface area contributed by atoms with Crippen LogP contribution in [0.25, 0.3) is 11.5 Å². The number of rotatable bonds is 4. The molecule has 2 amide bonds. The minimum Gasteiger partial charge on any atom is -0.453 e. The first kappa shape index (κ1) is 16.5. The highest BCUT2D eigenvalue weighted by Crippen LogP contribution is 2.28. The molecule has 0 saturated carbocycles. The van der Waals surface area contributed by atoms with Gasteiger partial charge in [-0.05, 0) is 26.0 Å². The lowest BCUT2D eigenvalue weighted by Crippen LogP contribution is -2.40. The van der Waals surface area contributed by atoms with Gasteiger partial charge in [0.2, 0.25) is 5.91 Å². The maximum atomic E-state index is 11.4. The zero-order valence-electron chi connectivity index (χ0n) is 13.3. The number of hydrogen-bond donors (Lipinski definition) is 2. The summed E-state index contributed by atoms with van der Waals surface area (Å²) in [6.45, 7) is 4.95. The van der Waals surface area contributed by atoms with Crippen LogP contribution in [0.3, 0.4) is 0 Å². The molecule has 0 spiro atoms. The zero-order valence-corrected chi connectivity index (χ0v) is 13.3. The zero-order chi connectivity index (χ0) is 17.0. The predicted octanol–water partition coefficient (Wildman–Crippen LogP) is 2.29. The van der Waals surface area contributed by atoms with Crippen LogP contribution in [0.4, 0.5) is 10.5 Å². The lowest BCUT2D eigenvalue weighted by Gasteiger charge is -2.20. The molecule has 0 bridgehead atoms. The van der Waals surface area contributed by atoms with Gasteiger partial charge in [-0.1, -0.05) is 17.3 Å². The summed E-state index contributed by atoms with van der Waals surface area (Å²) >= 11 is 0. The van der Waals surface area contributed by atoms with Crippen molar-refractivity contribution in [3.8, 4) is 11.5 Å². The van der Waals surface area contributed by atoms with Crippen LogP contribution >= 0.6 is 0 Å². The molecule has 2 aromatic rings. The maximum absolute atomic E-state index is 11.4. The highest BCUT2D eigenvalue weighted by molar-refractivity contribution is 5.89. The first-order valence-corrected chi connectivity index (χ1v) is 6.91. The van der Waals surface area contributed by atoms with Gasteiger partial charge in [0, 0.05) is 6.92 Å². The van der Waals surface area contributed by atoms with Gasteiger partial charge in [-0.3, -0.25) is 10.1 Å². The highest BCUT2D eigenvalue weighted by Gasteiger charge is 2.28. The SMILES string of the molecule is COC(=O)Nc1ccccc1-c1nc(C(C)(C)NC(C)=O)no1. The van der Waals surface area contributed by atoms with E-state index in [1.807, 2.05) is 0 Å². The molecule has 23 heavy (non-hydrogen) atoms. The summed E-state index contributed by atoms with van der Waals surface area (Å²) < 4.78 is 9.85. The van der Waals surface area contributed by atoms with Gasteiger partial charge in [0.1, 0.15) is 0 Å². The van der Waals surface area contributed by atoms with Crippen molar-refractivity contribution in [2.75, 3.05) is 12.4 Å². The van der Waals surface area contributed by atoms with Gasteiger partial charge < -0.3 is 14.6 Å². The Balaban J connectivity index is 2.34. The summed E-state index contributed by atoms with van der Waals surface area (Å²) in [6.07, 6.45) is -0.601. The first-order chi connectivity index (χ1) is 10.8. The van der Waals surface area contributed by atoms with Crippen molar-refractivity contribution in [1.82, 2.24) is 15.5 Å². The molecular formula is C15H18N4O4. The molecule has 2 N–H and O–H groups in total. The first-order valence-electron chi connectivity index (χ1n) is 6.91. The van der Waals surface area contributed by atoms with Crippen molar-refractivity contribution in [2.45, 2.75) is 26.3 Å². The van der Waals surface area contributed by atoms with E-state index in [2.05, 4.69) is 25.5 Å². The number of anilines is 1. The second kappa shape index (κ2) is 6.47. The van der Waals surface area contributed by atoms with Gasteiger partial charge in [0.25, 0.3) is 5.89 Å². The van der Waals surface area contributed by atoms with Crippen molar-refractivity contribution in [3.05, 3.63) is 30.1 Å². The third-order valence-electron chi connectivity index (χ3n) is 3.05. The van der Waals surface area contributed by atoms with E-state index >= 15 is 0 Å². The van der Waals surface area contributed by atoms with E-state index in [9.17, 15) is 9.59 Å². The number of nitrogens with zero attached hydrogens (tertiary/aromatic N) is 2. The lowest BCUT2D eigenvalue weighted by molar-refractivity contribution is -0.120. The number of nitrogens with one attached hydrogen (secondary N) is 2. The number of ether oxygens (including phenoxy) is 1. The van der Waals surface area contributed by atoms with Crippen molar-refractivity contribution in [1.29, 1.82) is 0 Å². The molecule has 0 aliphatic carbocycles. The Kier molecular flexibility index (Phi) is 4.63. The molecule has 0 saturated heterocycles. The highest BCUT2D eigenvalue weighted by atomic mass is 16.5. The Hall–Kier alpha value is -2.90. The topological polar surface area (TPSA) is 106 Å². The number of hydrogen-bond acceptors (Lipinski definition) is 6. The third kappa shape index (κ3) is 3.85. The van der Waals surface area contributed by atoms with Gasteiger partial charge in [0.05, 0.1) is 23.9 Å². The van der Waals surface area contributed by atoms with Crippen molar-refractivity contribution >= 4 is 17.7 Å². The summed E-state index contributed by atoms with van der Waals surface area (Å²) in [5, 5.41) is 9.24. The molecule has 0 fully saturated rings. The average molecular weight is 318 g/mol. The van der Waals surface area contributed by atoms with Crippen LogP contribution in [0.2, 0.25) is 0 Å². The van der Waals surface area contributed by atoms with Crippen LogP contribution < -0.4 is 10.6 Å². The molecule has 1 aromatic carbocycles. The monoisotopic (exact) mass is 318 g/mol. The molecule has 2 rings (SSSR count). The normalized spacial score (nSPS) is 11.0. The molecule has 8 nitrogen and oxygen atoms in total. The maximum Gasteiger partial charge on any atom is 0.411 e. The predicted molar refractivity (Wildman–Crippen MR) is 82.6 cm³/mol. The Bertz CT molecular complexity index is 724. The number of benzene rings is 1. The molecule has 0 atom stereocenters. The van der Waals surface area contributed by atoms with Crippen molar-refractivity contribution < 1.29 is 18.8 Å². The molecule has 8 heteroatoms. The molecule has 122 valence electrons. The molecule has 1 heterocycles. The van der Waals surface area contributed by atoms with E-state index in [1.165, 1.54) is 14.0 Å². The summed E-state index contributed by atoms with van der Waals surface area (Å²) in [4.78, 5) is 27.0. The molecular weight excluding hydrogens is 300 g/mol. The third-order valence-corrected chi connectivity index (χ3v) is 3.05. The second-order valence-electron chi connectivity index (χ2n) is 5.39. The van der Waals surface area contributed by atoms with E-state index in [0.717, 1.165) is 0 Å². The molecule has 0 aliphatic rings. The number of carbonyl (C=O) groups excluding carboxylic acids is 2. The standard InChI is InChI=1S/C15H18N4O4/c1-9(20)18-15(2,3)13-17-12(23-19-13)10-7-5-6-8-11(10)16-14(21)22-4/h5-8H,1-4H3,(H,16,21)(H,18,20). The van der Waals surface area contributed by atoms with Gasteiger partial charge in [0.15, 0.2) is 5.82 Å². The molecule has 0 unspecified atom stereocenters.